The van der Waals surface area contributed by atoms with E-state index in [0.29, 0.717) is 24.8 Å². The van der Waals surface area contributed by atoms with Gasteiger partial charge >= 0.3 is 0 Å². The molecule has 2 aliphatic rings. The van der Waals surface area contributed by atoms with E-state index in [0.717, 1.165) is 32.2 Å². The summed E-state index contributed by atoms with van der Waals surface area (Å²) in [5.41, 5.74) is 0.620. The van der Waals surface area contributed by atoms with Crippen molar-refractivity contribution in [2.45, 2.75) is 49.6 Å². The molecule has 2 atom stereocenters. The first-order valence-corrected chi connectivity index (χ1v) is 12.5. The first-order valence-electron chi connectivity index (χ1n) is 10.2. The average molecular weight is 434 g/mol. The number of benzene rings is 1. The molecule has 29 heavy (non-hydrogen) atoms. The Balaban J connectivity index is 1.41. The first kappa shape index (κ1) is 20.5. The highest BCUT2D eigenvalue weighted by Crippen LogP contribution is 2.36. The van der Waals surface area contributed by atoms with Gasteiger partial charge in [-0.3, -0.25) is 9.69 Å². The zero-order valence-corrected chi connectivity index (χ0v) is 18.2. The first-order chi connectivity index (χ1) is 14.0. The third-order valence-electron chi connectivity index (χ3n) is 5.87. The number of nitrogens with zero attached hydrogens (tertiary/aromatic N) is 2. The highest BCUT2D eigenvalue weighted by Gasteiger charge is 2.33. The van der Waals surface area contributed by atoms with Gasteiger partial charge in [0.05, 0.1) is 10.9 Å². The van der Waals surface area contributed by atoms with E-state index in [-0.39, 0.29) is 16.8 Å². The standard InChI is InChI=1S/C21H27N3O3S2/c1-16(24-14-4-6-19(24)20-7-5-15-28-20)21(25)22-17-8-10-18(11-9-17)29(26,27)23-12-2-3-13-23/h5,7-11,15-16,19H,2-4,6,12-14H2,1H3,(H,22,25)/t16-,19-/m1/s1. The summed E-state index contributed by atoms with van der Waals surface area (Å²) in [4.78, 5) is 16.7. The molecule has 1 aromatic carbocycles. The Kier molecular flexibility index (Phi) is 6.06. The molecular weight excluding hydrogens is 406 g/mol. The Morgan fingerprint density at radius 3 is 2.48 bits per heavy atom. The smallest absolute Gasteiger partial charge is 0.243 e. The fraction of sp³-hybridized carbons (Fsp3) is 0.476. The molecule has 0 unspecified atom stereocenters. The van der Waals surface area contributed by atoms with Crippen molar-refractivity contribution in [3.05, 3.63) is 46.7 Å². The molecule has 2 saturated heterocycles. The Bertz CT molecular complexity index is 936. The van der Waals surface area contributed by atoms with Crippen LogP contribution in [0.5, 0.6) is 0 Å². The number of amides is 1. The summed E-state index contributed by atoms with van der Waals surface area (Å²) in [5.74, 6) is -0.0661. The number of likely N-dealkylation sites (tertiary alicyclic amines) is 1. The summed E-state index contributed by atoms with van der Waals surface area (Å²) in [6.07, 6.45) is 3.98. The fourth-order valence-electron chi connectivity index (χ4n) is 4.22. The minimum Gasteiger partial charge on any atom is -0.325 e. The van der Waals surface area contributed by atoms with Gasteiger partial charge in [0, 0.05) is 29.7 Å². The molecule has 1 amide bonds. The summed E-state index contributed by atoms with van der Waals surface area (Å²) < 4.78 is 26.8. The lowest BCUT2D eigenvalue weighted by atomic mass is 10.1. The topological polar surface area (TPSA) is 69.7 Å². The van der Waals surface area contributed by atoms with Crippen LogP contribution in [-0.2, 0) is 14.8 Å². The zero-order chi connectivity index (χ0) is 20.4. The molecule has 8 heteroatoms. The molecule has 2 aromatic rings. The molecule has 2 aliphatic heterocycles. The lowest BCUT2D eigenvalue weighted by Gasteiger charge is -2.29. The summed E-state index contributed by atoms with van der Waals surface area (Å²) in [5, 5.41) is 5.02. The van der Waals surface area contributed by atoms with Crippen molar-refractivity contribution in [2.75, 3.05) is 25.0 Å². The van der Waals surface area contributed by atoms with E-state index in [1.54, 1.807) is 35.6 Å². The summed E-state index contributed by atoms with van der Waals surface area (Å²) in [6.45, 7) is 4.01. The lowest BCUT2D eigenvalue weighted by molar-refractivity contribution is -0.121. The van der Waals surface area contributed by atoms with Crippen molar-refractivity contribution in [3.63, 3.8) is 0 Å². The normalized spacial score (nSPS) is 22.0. The Labute approximate surface area is 176 Å². The van der Waals surface area contributed by atoms with Crippen LogP contribution in [0.15, 0.2) is 46.7 Å². The van der Waals surface area contributed by atoms with Gasteiger partial charge in [0.1, 0.15) is 0 Å². The minimum atomic E-state index is -3.43. The average Bonchev–Trinajstić information content (AvgIpc) is 3.49. The molecule has 0 spiro atoms. The van der Waals surface area contributed by atoms with Crippen molar-refractivity contribution in [2.24, 2.45) is 0 Å². The highest BCUT2D eigenvalue weighted by molar-refractivity contribution is 7.89. The molecule has 0 saturated carbocycles. The highest BCUT2D eigenvalue weighted by atomic mass is 32.2. The van der Waals surface area contributed by atoms with Crippen LogP contribution in [0.3, 0.4) is 0 Å². The van der Waals surface area contributed by atoms with Gasteiger partial charge in [0.2, 0.25) is 15.9 Å². The number of hydrogen-bond donors (Lipinski definition) is 1. The van der Waals surface area contributed by atoms with E-state index < -0.39 is 10.0 Å². The molecular formula is C21H27N3O3S2. The molecule has 4 rings (SSSR count). The van der Waals surface area contributed by atoms with Crippen LogP contribution in [-0.4, -0.2) is 49.2 Å². The molecule has 1 N–H and O–H groups in total. The predicted molar refractivity (Wildman–Crippen MR) is 116 cm³/mol. The number of carbonyl (C=O) groups excluding carboxylic acids is 1. The maximum Gasteiger partial charge on any atom is 0.243 e. The minimum absolute atomic E-state index is 0.0661. The number of sulfonamides is 1. The Morgan fingerprint density at radius 1 is 1.10 bits per heavy atom. The van der Waals surface area contributed by atoms with Crippen LogP contribution < -0.4 is 5.32 Å². The Morgan fingerprint density at radius 2 is 1.83 bits per heavy atom. The van der Waals surface area contributed by atoms with Crippen LogP contribution in [0.25, 0.3) is 0 Å². The van der Waals surface area contributed by atoms with Crippen molar-refractivity contribution < 1.29 is 13.2 Å². The molecule has 6 nitrogen and oxygen atoms in total. The number of carbonyl (C=O) groups is 1. The third kappa shape index (κ3) is 4.26. The van der Waals surface area contributed by atoms with Crippen molar-refractivity contribution in [3.8, 4) is 0 Å². The van der Waals surface area contributed by atoms with Gasteiger partial charge < -0.3 is 5.32 Å². The van der Waals surface area contributed by atoms with Gasteiger partial charge in [-0.15, -0.1) is 11.3 Å². The molecule has 0 radical (unpaired) electrons. The van der Waals surface area contributed by atoms with Crippen LogP contribution in [0.4, 0.5) is 5.69 Å². The van der Waals surface area contributed by atoms with E-state index in [9.17, 15) is 13.2 Å². The second-order valence-electron chi connectivity index (χ2n) is 7.71. The molecule has 3 heterocycles. The van der Waals surface area contributed by atoms with E-state index in [2.05, 4.69) is 27.7 Å². The van der Waals surface area contributed by atoms with Crippen molar-refractivity contribution in [1.82, 2.24) is 9.21 Å². The van der Waals surface area contributed by atoms with Gasteiger partial charge in [0.25, 0.3) is 0 Å². The van der Waals surface area contributed by atoms with E-state index >= 15 is 0 Å². The van der Waals surface area contributed by atoms with Crippen LogP contribution >= 0.6 is 11.3 Å². The Hall–Kier alpha value is -1.74. The summed E-state index contributed by atoms with van der Waals surface area (Å²) in [7, 11) is -3.43. The van der Waals surface area contributed by atoms with Crippen molar-refractivity contribution >= 4 is 33.0 Å². The number of thiophene rings is 1. The quantitative estimate of drug-likeness (QED) is 0.754. The van der Waals surface area contributed by atoms with Gasteiger partial charge in [-0.25, -0.2) is 8.42 Å². The molecule has 1 aromatic heterocycles. The molecule has 0 aliphatic carbocycles. The summed E-state index contributed by atoms with van der Waals surface area (Å²) in [6, 6.07) is 10.7. The maximum atomic E-state index is 12.8. The van der Waals surface area contributed by atoms with E-state index in [4.69, 9.17) is 0 Å². The number of anilines is 1. The largest absolute Gasteiger partial charge is 0.325 e. The molecule has 2 fully saturated rings. The second kappa shape index (κ2) is 8.55. The fourth-order valence-corrected chi connectivity index (χ4v) is 6.62. The third-order valence-corrected chi connectivity index (χ3v) is 8.75. The van der Waals surface area contributed by atoms with Crippen LogP contribution in [0.2, 0.25) is 0 Å². The lowest BCUT2D eigenvalue weighted by Crippen LogP contribution is -2.41. The van der Waals surface area contributed by atoms with Gasteiger partial charge in [-0.05, 0) is 74.9 Å². The predicted octanol–water partition coefficient (Wildman–Crippen LogP) is 3.70. The zero-order valence-electron chi connectivity index (χ0n) is 16.6. The van der Waals surface area contributed by atoms with Gasteiger partial charge in [-0.1, -0.05) is 6.07 Å². The monoisotopic (exact) mass is 433 g/mol. The van der Waals surface area contributed by atoms with Gasteiger partial charge in [0.15, 0.2) is 0 Å². The summed E-state index contributed by atoms with van der Waals surface area (Å²) >= 11 is 1.74. The maximum absolute atomic E-state index is 12.8. The SMILES string of the molecule is C[C@H](C(=O)Nc1ccc(S(=O)(=O)N2CCCC2)cc1)N1CCC[C@@H]1c1cccs1. The van der Waals surface area contributed by atoms with Gasteiger partial charge in [-0.2, -0.15) is 4.31 Å². The number of nitrogens with one attached hydrogen (secondary N) is 1. The van der Waals surface area contributed by atoms with E-state index in [1.807, 2.05) is 6.92 Å². The molecule has 0 bridgehead atoms. The van der Waals surface area contributed by atoms with Crippen LogP contribution in [0.1, 0.15) is 43.5 Å². The number of rotatable bonds is 6. The van der Waals surface area contributed by atoms with E-state index in [1.165, 1.54) is 9.18 Å². The molecule has 156 valence electrons. The number of hydrogen-bond acceptors (Lipinski definition) is 5. The van der Waals surface area contributed by atoms with Crippen LogP contribution in [0, 0.1) is 0 Å². The van der Waals surface area contributed by atoms with Crippen molar-refractivity contribution in [1.29, 1.82) is 0 Å². The second-order valence-corrected chi connectivity index (χ2v) is 10.6.